The van der Waals surface area contributed by atoms with Crippen molar-refractivity contribution in [2.75, 3.05) is 0 Å². The Morgan fingerprint density at radius 1 is 0.938 bits per heavy atom. The maximum Gasteiger partial charge on any atom is 0.288 e. The molecule has 0 radical (unpaired) electrons. The number of H-pyrrole nitrogens is 1. The summed E-state index contributed by atoms with van der Waals surface area (Å²) in [6, 6.07) is 17.0. The van der Waals surface area contributed by atoms with Crippen molar-refractivity contribution in [1.82, 2.24) is 4.98 Å². The molecule has 76 valence electrons. The number of fused-ring (bicyclic) bond motifs is 5. The van der Waals surface area contributed by atoms with E-state index in [2.05, 4.69) is 58.1 Å². The molecule has 1 aliphatic heterocycles. The highest BCUT2D eigenvalue weighted by molar-refractivity contribution is 5.76. The van der Waals surface area contributed by atoms with Crippen molar-refractivity contribution in [3.05, 3.63) is 54.1 Å². The molecule has 0 atom stereocenters. The minimum atomic E-state index is 0.982. The van der Waals surface area contributed by atoms with Gasteiger partial charge in [0.25, 0.3) is 5.82 Å². The summed E-state index contributed by atoms with van der Waals surface area (Å²) < 4.78 is 2.35. The van der Waals surface area contributed by atoms with Crippen LogP contribution in [0.2, 0.25) is 0 Å². The number of nitrogens with zero attached hydrogens (tertiary/aromatic N) is 1. The second-order valence-corrected chi connectivity index (χ2v) is 4.23. The lowest BCUT2D eigenvalue weighted by Gasteiger charge is -1.92. The minimum Gasteiger partial charge on any atom is -0.236 e. The molecule has 4 rings (SSSR count). The lowest BCUT2D eigenvalue weighted by atomic mass is 10.1. The summed E-state index contributed by atoms with van der Waals surface area (Å²) >= 11 is 0. The molecule has 0 fully saturated rings. The smallest absolute Gasteiger partial charge is 0.236 e. The van der Waals surface area contributed by atoms with E-state index in [0.29, 0.717) is 0 Å². The monoisotopic (exact) mass is 207 g/mol. The molecule has 0 unspecified atom stereocenters. The number of nitrogens with one attached hydrogen (secondary N) is 1. The van der Waals surface area contributed by atoms with E-state index in [-0.39, 0.29) is 0 Å². The van der Waals surface area contributed by atoms with Crippen molar-refractivity contribution >= 4 is 11.0 Å². The van der Waals surface area contributed by atoms with Crippen LogP contribution in [0.4, 0.5) is 0 Å². The van der Waals surface area contributed by atoms with Crippen molar-refractivity contribution in [1.29, 1.82) is 0 Å². The summed E-state index contributed by atoms with van der Waals surface area (Å²) in [5.41, 5.74) is 5.24. The third-order valence-electron chi connectivity index (χ3n) is 3.32. The normalized spacial score (nSPS) is 12.8. The average Bonchev–Trinajstić information content (AvgIpc) is 2.85. The molecule has 1 aromatic heterocycles. The third-order valence-corrected chi connectivity index (χ3v) is 3.32. The summed E-state index contributed by atoms with van der Waals surface area (Å²) in [4.78, 5) is 3.50. The first-order valence-corrected chi connectivity index (χ1v) is 5.52. The summed E-state index contributed by atoms with van der Waals surface area (Å²) in [5, 5.41) is 0. The first-order valence-electron chi connectivity index (χ1n) is 5.52. The molecule has 0 bridgehead atoms. The molecule has 3 aromatic rings. The Balaban J connectivity index is 2.12. The number of aromatic amines is 1. The number of para-hydroxylation sites is 2. The highest BCUT2D eigenvalue weighted by Gasteiger charge is 2.28. The highest BCUT2D eigenvalue weighted by atomic mass is 15.1. The summed E-state index contributed by atoms with van der Waals surface area (Å²) in [6.45, 7) is 0.982. The first kappa shape index (κ1) is 8.11. The van der Waals surface area contributed by atoms with Crippen LogP contribution in [0.15, 0.2) is 48.5 Å². The summed E-state index contributed by atoms with van der Waals surface area (Å²) in [7, 11) is 0. The molecule has 2 heteroatoms. The molecule has 1 N–H and O–H groups in total. The van der Waals surface area contributed by atoms with Gasteiger partial charge < -0.3 is 0 Å². The molecule has 2 aromatic carbocycles. The Kier molecular flexibility index (Phi) is 1.38. The molecular formula is C14H11N2+. The van der Waals surface area contributed by atoms with Crippen LogP contribution in [0.3, 0.4) is 0 Å². The number of aromatic nitrogens is 2. The molecule has 0 saturated carbocycles. The fourth-order valence-corrected chi connectivity index (χ4v) is 2.57. The van der Waals surface area contributed by atoms with Crippen LogP contribution in [-0.2, 0) is 6.54 Å². The van der Waals surface area contributed by atoms with Gasteiger partial charge in [0.05, 0.1) is 5.56 Å². The van der Waals surface area contributed by atoms with Crippen LogP contribution < -0.4 is 4.57 Å². The minimum absolute atomic E-state index is 0.982. The predicted octanol–water partition coefficient (Wildman–Crippen LogP) is 2.48. The van der Waals surface area contributed by atoms with Gasteiger partial charge in [0.15, 0.2) is 11.0 Å². The maximum atomic E-state index is 3.50. The third kappa shape index (κ3) is 0.890. The second kappa shape index (κ2) is 2.73. The van der Waals surface area contributed by atoms with Crippen molar-refractivity contribution in [3.63, 3.8) is 0 Å². The van der Waals surface area contributed by atoms with Crippen LogP contribution in [0.25, 0.3) is 22.4 Å². The summed E-state index contributed by atoms with van der Waals surface area (Å²) in [6.07, 6.45) is 0. The van der Waals surface area contributed by atoms with Crippen LogP contribution >= 0.6 is 0 Å². The molecule has 0 aliphatic carbocycles. The highest BCUT2D eigenvalue weighted by Crippen LogP contribution is 2.27. The Morgan fingerprint density at radius 3 is 2.75 bits per heavy atom. The van der Waals surface area contributed by atoms with E-state index >= 15 is 0 Å². The number of imidazole rings is 1. The van der Waals surface area contributed by atoms with Gasteiger partial charge in [-0.25, -0.2) is 9.55 Å². The van der Waals surface area contributed by atoms with E-state index in [4.69, 9.17) is 0 Å². The van der Waals surface area contributed by atoms with Gasteiger partial charge in [0.2, 0.25) is 0 Å². The Bertz CT molecular complexity index is 695. The van der Waals surface area contributed by atoms with Crippen LogP contribution in [0.1, 0.15) is 5.56 Å². The van der Waals surface area contributed by atoms with E-state index in [0.717, 1.165) is 6.54 Å². The number of hydrogen-bond donors (Lipinski definition) is 1. The number of rotatable bonds is 0. The van der Waals surface area contributed by atoms with Gasteiger partial charge >= 0.3 is 0 Å². The first-order chi connectivity index (χ1) is 7.93. The molecule has 0 amide bonds. The van der Waals surface area contributed by atoms with E-state index in [1.165, 1.54) is 28.0 Å². The molecule has 16 heavy (non-hydrogen) atoms. The quantitative estimate of drug-likeness (QED) is 0.427. The topological polar surface area (TPSA) is 19.7 Å². The molecular weight excluding hydrogens is 196 g/mol. The van der Waals surface area contributed by atoms with E-state index in [9.17, 15) is 0 Å². The van der Waals surface area contributed by atoms with E-state index in [1.807, 2.05) is 0 Å². The maximum absolute atomic E-state index is 3.50. The predicted molar refractivity (Wildman–Crippen MR) is 63.0 cm³/mol. The van der Waals surface area contributed by atoms with Crippen LogP contribution in [0.5, 0.6) is 0 Å². The zero-order valence-electron chi connectivity index (χ0n) is 8.77. The fourth-order valence-electron chi connectivity index (χ4n) is 2.57. The van der Waals surface area contributed by atoms with Crippen molar-refractivity contribution in [2.45, 2.75) is 6.54 Å². The molecule has 2 heterocycles. The molecule has 2 nitrogen and oxygen atoms in total. The van der Waals surface area contributed by atoms with Gasteiger partial charge in [-0.1, -0.05) is 30.3 Å². The van der Waals surface area contributed by atoms with Gasteiger partial charge in [-0.3, -0.25) is 0 Å². The van der Waals surface area contributed by atoms with Crippen molar-refractivity contribution in [2.24, 2.45) is 0 Å². The van der Waals surface area contributed by atoms with Crippen LogP contribution in [0, 0.1) is 0 Å². The Hall–Kier alpha value is -2.09. The van der Waals surface area contributed by atoms with E-state index < -0.39 is 0 Å². The standard InChI is InChI=1S/C14H10N2/c1-2-6-11-10(5-1)9-16-13-8-4-3-7-12(13)15-14(11)16/h1-8H,9H2/p+1. The molecule has 1 aliphatic rings. The van der Waals surface area contributed by atoms with Crippen LogP contribution in [-0.4, -0.2) is 4.98 Å². The number of hydrogen-bond acceptors (Lipinski definition) is 0. The SMILES string of the molecule is c1ccc2c(c1)C[n+]1c-2[nH]c2ccccc21. The van der Waals surface area contributed by atoms with E-state index in [1.54, 1.807) is 0 Å². The summed E-state index contributed by atoms with van der Waals surface area (Å²) in [5.74, 6) is 1.23. The molecule has 0 spiro atoms. The van der Waals surface area contributed by atoms with Gasteiger partial charge in [0, 0.05) is 5.56 Å². The van der Waals surface area contributed by atoms with Gasteiger partial charge in [0.1, 0.15) is 6.54 Å². The largest absolute Gasteiger partial charge is 0.288 e. The van der Waals surface area contributed by atoms with Crippen molar-refractivity contribution < 1.29 is 4.57 Å². The van der Waals surface area contributed by atoms with Gasteiger partial charge in [-0.05, 0) is 18.2 Å². The zero-order valence-corrected chi connectivity index (χ0v) is 8.77. The van der Waals surface area contributed by atoms with Crippen molar-refractivity contribution in [3.8, 4) is 11.4 Å². The zero-order chi connectivity index (χ0) is 10.5. The fraction of sp³-hybridized carbons (Fsp3) is 0.0714. The lowest BCUT2D eigenvalue weighted by molar-refractivity contribution is -0.645. The molecule has 0 saturated heterocycles. The van der Waals surface area contributed by atoms with Gasteiger partial charge in [-0.2, -0.15) is 0 Å². The Morgan fingerprint density at radius 2 is 1.75 bits per heavy atom. The second-order valence-electron chi connectivity index (χ2n) is 4.23. The average molecular weight is 207 g/mol. The number of benzene rings is 2. The lowest BCUT2D eigenvalue weighted by Crippen LogP contribution is -2.30. The Labute approximate surface area is 93.2 Å². The van der Waals surface area contributed by atoms with Gasteiger partial charge in [-0.15, -0.1) is 0 Å².